The van der Waals surface area contributed by atoms with E-state index in [-0.39, 0.29) is 28.5 Å². The highest BCUT2D eigenvalue weighted by Crippen LogP contribution is 2.35. The van der Waals surface area contributed by atoms with E-state index in [1.807, 2.05) is 0 Å². The summed E-state index contributed by atoms with van der Waals surface area (Å²) in [5.74, 6) is -0.352. The van der Waals surface area contributed by atoms with Gasteiger partial charge < -0.3 is 15.2 Å². The van der Waals surface area contributed by atoms with Crippen molar-refractivity contribution < 1.29 is 14.6 Å². The third-order valence-corrected chi connectivity index (χ3v) is 3.25. The Hall–Kier alpha value is -2.34. The number of phenols is 1. The first-order valence-corrected chi connectivity index (χ1v) is 7.12. The zero-order chi connectivity index (χ0) is 16.1. The zero-order valence-electron chi connectivity index (χ0n) is 12.2. The van der Waals surface area contributed by atoms with Crippen molar-refractivity contribution in [1.29, 1.82) is 0 Å². The predicted octanol–water partition coefficient (Wildman–Crippen LogP) is 2.73. The van der Waals surface area contributed by atoms with E-state index in [1.165, 1.54) is 12.1 Å². The standard InChI is InChI=1S/C15H16ClN3O3/c1-3-22-13-7-10(6-11(16)14(13)20)15(21)19-9(2)12-8-17-4-5-18-12/h4-9,20H,3H2,1-2H3,(H,19,21). The van der Waals surface area contributed by atoms with Crippen LogP contribution in [0, 0.1) is 0 Å². The number of carbonyl (C=O) groups is 1. The Morgan fingerprint density at radius 1 is 1.45 bits per heavy atom. The summed E-state index contributed by atoms with van der Waals surface area (Å²) in [7, 11) is 0. The highest BCUT2D eigenvalue weighted by molar-refractivity contribution is 6.32. The molecule has 0 aliphatic rings. The fourth-order valence-corrected chi connectivity index (χ4v) is 2.07. The Bertz CT molecular complexity index is 665. The number of halogens is 1. The highest BCUT2D eigenvalue weighted by atomic mass is 35.5. The summed E-state index contributed by atoms with van der Waals surface area (Å²) in [5.41, 5.74) is 0.938. The van der Waals surface area contributed by atoms with Crippen molar-refractivity contribution >= 4 is 17.5 Å². The molecule has 0 saturated heterocycles. The molecule has 0 radical (unpaired) electrons. The summed E-state index contributed by atoms with van der Waals surface area (Å²) in [6.07, 6.45) is 4.70. The van der Waals surface area contributed by atoms with E-state index in [1.54, 1.807) is 32.4 Å². The van der Waals surface area contributed by atoms with Gasteiger partial charge in [0.1, 0.15) is 0 Å². The third-order valence-electron chi connectivity index (χ3n) is 2.96. The minimum atomic E-state index is -0.346. The van der Waals surface area contributed by atoms with Crippen LogP contribution in [-0.2, 0) is 0 Å². The van der Waals surface area contributed by atoms with E-state index >= 15 is 0 Å². The third kappa shape index (κ3) is 3.65. The van der Waals surface area contributed by atoms with Crippen molar-refractivity contribution in [3.63, 3.8) is 0 Å². The van der Waals surface area contributed by atoms with E-state index in [4.69, 9.17) is 16.3 Å². The number of aromatic hydroxyl groups is 1. The molecule has 1 atom stereocenters. The van der Waals surface area contributed by atoms with Crippen molar-refractivity contribution in [3.8, 4) is 11.5 Å². The maximum atomic E-state index is 12.3. The van der Waals surface area contributed by atoms with Crippen molar-refractivity contribution in [3.05, 3.63) is 47.0 Å². The fourth-order valence-electron chi connectivity index (χ4n) is 1.86. The predicted molar refractivity (Wildman–Crippen MR) is 82.2 cm³/mol. The summed E-state index contributed by atoms with van der Waals surface area (Å²) in [6.45, 7) is 3.93. The van der Waals surface area contributed by atoms with Crippen LogP contribution in [0.2, 0.25) is 5.02 Å². The molecule has 1 amide bonds. The minimum absolute atomic E-state index is 0.0586. The van der Waals surface area contributed by atoms with Gasteiger partial charge in [-0.2, -0.15) is 0 Å². The Balaban J connectivity index is 2.19. The van der Waals surface area contributed by atoms with Crippen LogP contribution >= 0.6 is 11.6 Å². The average molecular weight is 322 g/mol. The maximum absolute atomic E-state index is 12.3. The van der Waals surface area contributed by atoms with Gasteiger partial charge in [0.15, 0.2) is 11.5 Å². The number of carbonyl (C=O) groups excluding carboxylic acids is 1. The van der Waals surface area contributed by atoms with E-state index in [0.29, 0.717) is 17.9 Å². The summed E-state index contributed by atoms with van der Waals surface area (Å²) in [6, 6.07) is 2.52. The SMILES string of the molecule is CCOc1cc(C(=O)NC(C)c2cnccn2)cc(Cl)c1O. The number of hydrogen-bond acceptors (Lipinski definition) is 5. The van der Waals surface area contributed by atoms with E-state index in [2.05, 4.69) is 15.3 Å². The second-order valence-corrected chi connectivity index (χ2v) is 4.97. The van der Waals surface area contributed by atoms with Crippen LogP contribution in [0.4, 0.5) is 0 Å². The van der Waals surface area contributed by atoms with E-state index in [9.17, 15) is 9.90 Å². The molecular formula is C15H16ClN3O3. The van der Waals surface area contributed by atoms with Gasteiger partial charge in [0, 0.05) is 18.0 Å². The normalized spacial score (nSPS) is 11.8. The van der Waals surface area contributed by atoms with Gasteiger partial charge in [-0.15, -0.1) is 0 Å². The topological polar surface area (TPSA) is 84.3 Å². The molecule has 1 aromatic heterocycles. The van der Waals surface area contributed by atoms with Crippen LogP contribution in [0.3, 0.4) is 0 Å². The molecule has 0 aliphatic carbocycles. The zero-order valence-corrected chi connectivity index (χ0v) is 13.0. The first-order valence-electron chi connectivity index (χ1n) is 6.75. The molecule has 6 nitrogen and oxygen atoms in total. The Labute approximate surface area is 133 Å². The summed E-state index contributed by atoms with van der Waals surface area (Å²) >= 11 is 5.92. The molecule has 0 aliphatic heterocycles. The smallest absolute Gasteiger partial charge is 0.251 e. The largest absolute Gasteiger partial charge is 0.503 e. The maximum Gasteiger partial charge on any atom is 0.251 e. The molecule has 1 aromatic carbocycles. The number of benzene rings is 1. The molecule has 2 aromatic rings. The van der Waals surface area contributed by atoms with Crippen molar-refractivity contribution in [2.75, 3.05) is 6.61 Å². The molecule has 0 fully saturated rings. The Morgan fingerprint density at radius 2 is 2.23 bits per heavy atom. The van der Waals surface area contributed by atoms with Crippen LogP contribution in [-0.4, -0.2) is 27.6 Å². The molecule has 0 spiro atoms. The second kappa shape index (κ2) is 7.09. The summed E-state index contributed by atoms with van der Waals surface area (Å²) < 4.78 is 5.26. The van der Waals surface area contributed by atoms with Crippen LogP contribution in [0.25, 0.3) is 0 Å². The van der Waals surface area contributed by atoms with Gasteiger partial charge in [0.25, 0.3) is 5.91 Å². The van der Waals surface area contributed by atoms with Gasteiger partial charge in [-0.3, -0.25) is 14.8 Å². The minimum Gasteiger partial charge on any atom is -0.503 e. The molecule has 2 rings (SSSR count). The van der Waals surface area contributed by atoms with E-state index in [0.717, 1.165) is 0 Å². The fraction of sp³-hybridized carbons (Fsp3) is 0.267. The molecule has 7 heteroatoms. The average Bonchev–Trinajstić information content (AvgIpc) is 2.52. The molecule has 116 valence electrons. The number of ether oxygens (including phenoxy) is 1. The van der Waals surface area contributed by atoms with Gasteiger partial charge >= 0.3 is 0 Å². The van der Waals surface area contributed by atoms with E-state index < -0.39 is 0 Å². The molecule has 1 unspecified atom stereocenters. The highest BCUT2D eigenvalue weighted by Gasteiger charge is 2.17. The van der Waals surface area contributed by atoms with Crippen molar-refractivity contribution in [2.45, 2.75) is 19.9 Å². The molecule has 0 bridgehead atoms. The van der Waals surface area contributed by atoms with Crippen molar-refractivity contribution in [1.82, 2.24) is 15.3 Å². The quantitative estimate of drug-likeness (QED) is 0.884. The molecular weight excluding hydrogens is 306 g/mol. The number of nitrogens with zero attached hydrogens (tertiary/aromatic N) is 2. The molecule has 1 heterocycles. The Kier molecular flexibility index (Phi) is 5.16. The van der Waals surface area contributed by atoms with Crippen LogP contribution in [0.15, 0.2) is 30.7 Å². The van der Waals surface area contributed by atoms with Gasteiger partial charge in [0.2, 0.25) is 0 Å². The summed E-state index contributed by atoms with van der Waals surface area (Å²) in [4.78, 5) is 20.4. The van der Waals surface area contributed by atoms with Crippen molar-refractivity contribution in [2.24, 2.45) is 0 Å². The lowest BCUT2D eigenvalue weighted by Crippen LogP contribution is -2.27. The van der Waals surface area contributed by atoms with Gasteiger partial charge in [-0.05, 0) is 26.0 Å². The van der Waals surface area contributed by atoms with Crippen LogP contribution in [0.5, 0.6) is 11.5 Å². The van der Waals surface area contributed by atoms with Gasteiger partial charge in [-0.25, -0.2) is 0 Å². The second-order valence-electron chi connectivity index (χ2n) is 4.56. The molecule has 22 heavy (non-hydrogen) atoms. The van der Waals surface area contributed by atoms with Gasteiger partial charge in [-0.1, -0.05) is 11.6 Å². The molecule has 0 saturated carbocycles. The molecule has 2 N–H and O–H groups in total. The first-order chi connectivity index (χ1) is 10.5. The van der Waals surface area contributed by atoms with Crippen LogP contribution in [0.1, 0.15) is 35.9 Å². The monoisotopic (exact) mass is 321 g/mol. The summed E-state index contributed by atoms with van der Waals surface area (Å²) in [5, 5.41) is 12.6. The number of hydrogen-bond donors (Lipinski definition) is 2. The lowest BCUT2D eigenvalue weighted by Gasteiger charge is -2.14. The van der Waals surface area contributed by atoms with Crippen LogP contribution < -0.4 is 10.1 Å². The Morgan fingerprint density at radius 3 is 2.86 bits per heavy atom. The first kappa shape index (κ1) is 16.0. The number of nitrogens with one attached hydrogen (secondary N) is 1. The lowest BCUT2D eigenvalue weighted by molar-refractivity contribution is 0.0938. The number of rotatable bonds is 5. The lowest BCUT2D eigenvalue weighted by atomic mass is 10.1. The number of aromatic nitrogens is 2. The number of amides is 1. The van der Waals surface area contributed by atoms with Gasteiger partial charge in [0.05, 0.1) is 29.6 Å². The number of phenolic OH excluding ortho intramolecular Hbond substituents is 1.